The maximum absolute atomic E-state index is 5.58. The standard InChI is InChI=1S/C10H15N7/c1-7(6-17-4-2-3-13-17)14-9-5-8(11)15-10(12)16-9/h2-5,7H,6H2,1H3,(H5,11,12,14,15,16). The third kappa shape index (κ3) is 3.07. The normalized spacial score (nSPS) is 12.3. The third-order valence-electron chi connectivity index (χ3n) is 2.18. The van der Waals surface area contributed by atoms with E-state index in [0.717, 1.165) is 6.54 Å². The molecule has 0 aromatic carbocycles. The summed E-state index contributed by atoms with van der Waals surface area (Å²) in [5.41, 5.74) is 11.1. The molecule has 2 aromatic rings. The highest BCUT2D eigenvalue weighted by Gasteiger charge is 2.05. The fourth-order valence-corrected chi connectivity index (χ4v) is 1.55. The molecule has 0 aliphatic heterocycles. The summed E-state index contributed by atoms with van der Waals surface area (Å²) >= 11 is 0. The summed E-state index contributed by atoms with van der Waals surface area (Å²) in [4.78, 5) is 7.85. The van der Waals surface area contributed by atoms with E-state index in [1.807, 2.05) is 23.9 Å². The van der Waals surface area contributed by atoms with Gasteiger partial charge in [0.25, 0.3) is 0 Å². The monoisotopic (exact) mass is 233 g/mol. The minimum absolute atomic E-state index is 0.156. The van der Waals surface area contributed by atoms with Crippen molar-refractivity contribution < 1.29 is 0 Å². The van der Waals surface area contributed by atoms with E-state index in [2.05, 4.69) is 20.4 Å². The van der Waals surface area contributed by atoms with Crippen LogP contribution >= 0.6 is 0 Å². The highest BCUT2D eigenvalue weighted by Crippen LogP contribution is 2.10. The molecule has 0 aliphatic rings. The summed E-state index contributed by atoms with van der Waals surface area (Å²) in [5, 5.41) is 7.32. The second kappa shape index (κ2) is 4.69. The Kier molecular flexibility index (Phi) is 3.08. The zero-order chi connectivity index (χ0) is 12.3. The second-order valence-electron chi connectivity index (χ2n) is 3.81. The van der Waals surface area contributed by atoms with Gasteiger partial charge in [0.15, 0.2) is 0 Å². The lowest BCUT2D eigenvalue weighted by Gasteiger charge is -2.14. The van der Waals surface area contributed by atoms with E-state index < -0.39 is 0 Å². The zero-order valence-electron chi connectivity index (χ0n) is 9.54. The van der Waals surface area contributed by atoms with Gasteiger partial charge in [0, 0.05) is 24.5 Å². The van der Waals surface area contributed by atoms with E-state index in [1.165, 1.54) is 0 Å². The van der Waals surface area contributed by atoms with Crippen LogP contribution in [0.3, 0.4) is 0 Å². The number of nitrogens with zero attached hydrogens (tertiary/aromatic N) is 4. The Bertz CT molecular complexity index is 459. The maximum atomic E-state index is 5.58. The van der Waals surface area contributed by atoms with E-state index in [4.69, 9.17) is 11.5 Å². The molecule has 2 heterocycles. The fraction of sp³-hybridized carbons (Fsp3) is 0.300. The molecular weight excluding hydrogens is 218 g/mol. The first kappa shape index (κ1) is 11.2. The van der Waals surface area contributed by atoms with Gasteiger partial charge in [-0.05, 0) is 13.0 Å². The van der Waals surface area contributed by atoms with Crippen LogP contribution in [0.1, 0.15) is 6.92 Å². The van der Waals surface area contributed by atoms with Crippen molar-refractivity contribution in [1.29, 1.82) is 0 Å². The number of hydrogen-bond donors (Lipinski definition) is 3. The Labute approximate surface area is 98.9 Å². The van der Waals surface area contributed by atoms with Crippen LogP contribution in [0.25, 0.3) is 0 Å². The van der Waals surface area contributed by atoms with Crippen molar-refractivity contribution in [2.75, 3.05) is 16.8 Å². The van der Waals surface area contributed by atoms with E-state index in [9.17, 15) is 0 Å². The van der Waals surface area contributed by atoms with E-state index in [1.54, 1.807) is 12.3 Å². The summed E-state index contributed by atoms with van der Waals surface area (Å²) in [6, 6.07) is 3.69. The van der Waals surface area contributed by atoms with Crippen molar-refractivity contribution in [1.82, 2.24) is 19.7 Å². The molecule has 2 rings (SSSR count). The molecule has 17 heavy (non-hydrogen) atoms. The van der Waals surface area contributed by atoms with Crippen LogP contribution in [-0.2, 0) is 6.54 Å². The highest BCUT2D eigenvalue weighted by atomic mass is 15.3. The van der Waals surface area contributed by atoms with Gasteiger partial charge >= 0.3 is 0 Å². The fourth-order valence-electron chi connectivity index (χ4n) is 1.55. The number of nitrogens with one attached hydrogen (secondary N) is 1. The molecule has 1 atom stereocenters. The van der Waals surface area contributed by atoms with Crippen molar-refractivity contribution in [2.24, 2.45) is 0 Å². The first-order valence-corrected chi connectivity index (χ1v) is 5.27. The van der Waals surface area contributed by atoms with Crippen LogP contribution in [-0.4, -0.2) is 25.8 Å². The Morgan fingerprint density at radius 3 is 2.88 bits per heavy atom. The van der Waals surface area contributed by atoms with Gasteiger partial charge in [-0.25, -0.2) is 0 Å². The lowest BCUT2D eigenvalue weighted by Crippen LogP contribution is -2.23. The van der Waals surface area contributed by atoms with Crippen molar-refractivity contribution in [3.63, 3.8) is 0 Å². The third-order valence-corrected chi connectivity index (χ3v) is 2.18. The van der Waals surface area contributed by atoms with Crippen molar-refractivity contribution in [2.45, 2.75) is 19.5 Å². The molecule has 0 bridgehead atoms. The number of hydrogen-bond acceptors (Lipinski definition) is 6. The number of nitrogens with two attached hydrogens (primary N) is 2. The van der Waals surface area contributed by atoms with E-state index >= 15 is 0 Å². The van der Waals surface area contributed by atoms with Crippen LogP contribution < -0.4 is 16.8 Å². The number of aromatic nitrogens is 4. The van der Waals surface area contributed by atoms with E-state index in [-0.39, 0.29) is 12.0 Å². The largest absolute Gasteiger partial charge is 0.383 e. The molecular formula is C10H15N7. The molecule has 7 nitrogen and oxygen atoms in total. The van der Waals surface area contributed by atoms with Crippen molar-refractivity contribution in [3.05, 3.63) is 24.5 Å². The Morgan fingerprint density at radius 2 is 2.24 bits per heavy atom. The van der Waals surface area contributed by atoms with Crippen molar-refractivity contribution >= 4 is 17.6 Å². The molecule has 0 amide bonds. The predicted octanol–water partition coefficient (Wildman–Crippen LogP) is 0.338. The van der Waals surface area contributed by atoms with Crippen LogP contribution in [0.2, 0.25) is 0 Å². The summed E-state index contributed by atoms with van der Waals surface area (Å²) in [6.07, 6.45) is 3.65. The molecule has 2 aromatic heterocycles. The minimum Gasteiger partial charge on any atom is -0.383 e. The molecule has 7 heteroatoms. The quantitative estimate of drug-likeness (QED) is 0.702. The lowest BCUT2D eigenvalue weighted by molar-refractivity contribution is 0.560. The summed E-state index contributed by atoms with van der Waals surface area (Å²) in [7, 11) is 0. The second-order valence-corrected chi connectivity index (χ2v) is 3.81. The first-order chi connectivity index (χ1) is 8.13. The zero-order valence-corrected chi connectivity index (χ0v) is 9.54. The van der Waals surface area contributed by atoms with Crippen LogP contribution in [0, 0.1) is 0 Å². The molecule has 0 saturated heterocycles. The minimum atomic E-state index is 0.156. The summed E-state index contributed by atoms with van der Waals surface area (Å²) in [5.74, 6) is 1.14. The van der Waals surface area contributed by atoms with Gasteiger partial charge in [0.1, 0.15) is 11.6 Å². The van der Waals surface area contributed by atoms with Crippen molar-refractivity contribution in [3.8, 4) is 0 Å². The Balaban J connectivity index is 2.00. The average Bonchev–Trinajstić information content (AvgIpc) is 2.67. The van der Waals surface area contributed by atoms with Gasteiger partial charge in [0.2, 0.25) is 5.95 Å². The summed E-state index contributed by atoms with van der Waals surface area (Å²) < 4.78 is 1.84. The van der Waals surface area contributed by atoms with Crippen LogP contribution in [0.15, 0.2) is 24.5 Å². The first-order valence-electron chi connectivity index (χ1n) is 5.27. The number of rotatable bonds is 4. The average molecular weight is 233 g/mol. The predicted molar refractivity (Wildman–Crippen MR) is 66.2 cm³/mol. The molecule has 0 radical (unpaired) electrons. The molecule has 0 aliphatic carbocycles. The molecule has 1 unspecified atom stereocenters. The Morgan fingerprint density at radius 1 is 1.41 bits per heavy atom. The summed E-state index contributed by atoms with van der Waals surface area (Å²) in [6.45, 7) is 2.76. The van der Waals surface area contributed by atoms with E-state index in [0.29, 0.717) is 11.6 Å². The van der Waals surface area contributed by atoms with Gasteiger partial charge in [-0.3, -0.25) is 4.68 Å². The van der Waals surface area contributed by atoms with Gasteiger partial charge < -0.3 is 16.8 Å². The topological polar surface area (TPSA) is 108 Å². The maximum Gasteiger partial charge on any atom is 0.223 e. The number of anilines is 3. The van der Waals surface area contributed by atoms with Gasteiger partial charge in [-0.2, -0.15) is 15.1 Å². The van der Waals surface area contributed by atoms with Gasteiger partial charge in [0.05, 0.1) is 6.54 Å². The SMILES string of the molecule is CC(Cn1cccn1)Nc1cc(N)nc(N)n1. The smallest absolute Gasteiger partial charge is 0.223 e. The molecule has 0 fully saturated rings. The van der Waals surface area contributed by atoms with Gasteiger partial charge in [-0.1, -0.05) is 0 Å². The molecule has 0 saturated carbocycles. The molecule has 5 N–H and O–H groups in total. The molecule has 90 valence electrons. The highest BCUT2D eigenvalue weighted by molar-refractivity contribution is 5.48. The Hall–Kier alpha value is -2.31. The van der Waals surface area contributed by atoms with Gasteiger partial charge in [-0.15, -0.1) is 0 Å². The van der Waals surface area contributed by atoms with Crippen LogP contribution in [0.4, 0.5) is 17.6 Å². The molecule has 0 spiro atoms. The lowest BCUT2D eigenvalue weighted by atomic mass is 10.3. The number of nitrogen functional groups attached to an aromatic ring is 2. The van der Waals surface area contributed by atoms with Crippen LogP contribution in [0.5, 0.6) is 0 Å².